The van der Waals surface area contributed by atoms with Gasteiger partial charge in [0.2, 0.25) is 0 Å². The molecule has 2 N–H and O–H groups in total. The fraction of sp³-hybridized carbons (Fsp3) is 0.273. The van der Waals surface area contributed by atoms with Crippen molar-refractivity contribution < 1.29 is 9.59 Å². The Hall–Kier alpha value is -2.48. The Morgan fingerprint density at radius 1 is 0.931 bits per heavy atom. The molecule has 29 heavy (non-hydrogen) atoms. The summed E-state index contributed by atoms with van der Waals surface area (Å²) in [5.74, 6) is -1.17. The third-order valence-corrected chi connectivity index (χ3v) is 6.99. The Morgan fingerprint density at radius 2 is 1.69 bits per heavy atom. The second-order valence-corrected chi connectivity index (χ2v) is 9.00. The highest BCUT2D eigenvalue weighted by Gasteiger charge is 2.26. The zero-order valence-corrected chi connectivity index (χ0v) is 17.6. The second-order valence-electron chi connectivity index (χ2n) is 6.99. The molecule has 1 aliphatic rings. The highest BCUT2D eigenvalue weighted by Crippen LogP contribution is 2.29. The summed E-state index contributed by atoms with van der Waals surface area (Å²) in [6.07, 6.45) is 0.993. The standard InChI is InChI=1S/C22H23N3O2S2/c26-21(23-13-18-7-3-11-28-18)22(27)24-14-19(20-8-4-12-29-20)25-10-9-16-5-1-2-6-17(16)15-25/h1-8,11-12,19H,9-10,13-15H2,(H,23,26)(H,24,27)/t19-/m0/s1. The monoisotopic (exact) mass is 425 g/mol. The molecule has 2 aromatic heterocycles. The summed E-state index contributed by atoms with van der Waals surface area (Å²) in [5, 5.41) is 9.52. The first-order chi connectivity index (χ1) is 14.2. The number of hydrogen-bond donors (Lipinski definition) is 2. The van der Waals surface area contributed by atoms with E-state index < -0.39 is 11.8 Å². The van der Waals surface area contributed by atoms with Crippen LogP contribution >= 0.6 is 22.7 Å². The molecule has 3 aromatic rings. The molecule has 1 aliphatic heterocycles. The molecule has 7 heteroatoms. The van der Waals surface area contributed by atoms with Crippen molar-refractivity contribution in [1.82, 2.24) is 15.5 Å². The zero-order valence-electron chi connectivity index (χ0n) is 16.0. The van der Waals surface area contributed by atoms with Crippen LogP contribution in [0.2, 0.25) is 0 Å². The lowest BCUT2D eigenvalue weighted by atomic mass is 9.98. The van der Waals surface area contributed by atoms with Crippen LogP contribution in [0.3, 0.4) is 0 Å². The van der Waals surface area contributed by atoms with Crippen molar-refractivity contribution in [3.8, 4) is 0 Å². The van der Waals surface area contributed by atoms with E-state index in [-0.39, 0.29) is 6.04 Å². The summed E-state index contributed by atoms with van der Waals surface area (Å²) in [4.78, 5) is 29.1. The van der Waals surface area contributed by atoms with Gasteiger partial charge in [-0.25, -0.2) is 0 Å². The third kappa shape index (κ3) is 4.93. The number of nitrogens with zero attached hydrogens (tertiary/aromatic N) is 1. The number of hydrogen-bond acceptors (Lipinski definition) is 5. The van der Waals surface area contributed by atoms with Crippen LogP contribution in [-0.4, -0.2) is 29.8 Å². The number of amides is 2. The van der Waals surface area contributed by atoms with Crippen molar-refractivity contribution in [3.05, 3.63) is 80.2 Å². The van der Waals surface area contributed by atoms with Crippen molar-refractivity contribution >= 4 is 34.5 Å². The van der Waals surface area contributed by atoms with E-state index in [1.165, 1.54) is 16.0 Å². The zero-order chi connectivity index (χ0) is 20.1. The van der Waals surface area contributed by atoms with Gasteiger partial charge in [-0.05, 0) is 40.4 Å². The van der Waals surface area contributed by atoms with E-state index in [1.54, 1.807) is 22.7 Å². The van der Waals surface area contributed by atoms with Gasteiger partial charge in [0.05, 0.1) is 12.6 Å². The second kappa shape index (κ2) is 9.35. The molecule has 5 nitrogen and oxygen atoms in total. The SMILES string of the molecule is O=C(NCc1cccs1)C(=O)NC[C@@H](c1cccs1)N1CCc2ccccc2C1. The molecule has 0 aliphatic carbocycles. The first-order valence-electron chi connectivity index (χ1n) is 9.63. The number of rotatable bonds is 6. The fourth-order valence-electron chi connectivity index (χ4n) is 3.60. The van der Waals surface area contributed by atoms with E-state index in [4.69, 9.17) is 0 Å². The van der Waals surface area contributed by atoms with E-state index >= 15 is 0 Å². The first-order valence-corrected chi connectivity index (χ1v) is 11.4. The summed E-state index contributed by atoms with van der Waals surface area (Å²) < 4.78 is 0. The molecule has 4 rings (SSSR count). The fourth-order valence-corrected chi connectivity index (χ4v) is 5.11. The molecule has 1 atom stereocenters. The highest BCUT2D eigenvalue weighted by molar-refractivity contribution is 7.10. The molecule has 150 valence electrons. The summed E-state index contributed by atoms with van der Waals surface area (Å²) >= 11 is 3.24. The van der Waals surface area contributed by atoms with E-state index in [9.17, 15) is 9.59 Å². The van der Waals surface area contributed by atoms with Gasteiger partial charge in [0.25, 0.3) is 0 Å². The van der Waals surface area contributed by atoms with Gasteiger partial charge < -0.3 is 10.6 Å². The number of benzene rings is 1. The summed E-state index contributed by atoms with van der Waals surface area (Å²) in [6, 6.07) is 16.5. The van der Waals surface area contributed by atoms with Crippen LogP contribution < -0.4 is 10.6 Å². The average Bonchev–Trinajstić information content (AvgIpc) is 3.46. The van der Waals surface area contributed by atoms with Crippen molar-refractivity contribution in [2.75, 3.05) is 13.1 Å². The van der Waals surface area contributed by atoms with Gasteiger partial charge in [-0.15, -0.1) is 22.7 Å². The molecular formula is C22H23N3O2S2. The van der Waals surface area contributed by atoms with Crippen molar-refractivity contribution in [2.45, 2.75) is 25.6 Å². The van der Waals surface area contributed by atoms with Crippen LogP contribution in [-0.2, 0) is 29.1 Å². The molecule has 1 aromatic carbocycles. The van der Waals surface area contributed by atoms with Crippen LogP contribution in [0.4, 0.5) is 0 Å². The molecule has 2 amide bonds. The average molecular weight is 426 g/mol. The van der Waals surface area contributed by atoms with Gasteiger partial charge in [0.1, 0.15) is 0 Å². The molecule has 0 unspecified atom stereocenters. The Balaban J connectivity index is 1.38. The maximum Gasteiger partial charge on any atom is 0.309 e. The van der Waals surface area contributed by atoms with Crippen LogP contribution in [0.5, 0.6) is 0 Å². The molecule has 3 heterocycles. The molecular weight excluding hydrogens is 402 g/mol. The summed E-state index contributed by atoms with van der Waals surface area (Å²) in [5.41, 5.74) is 2.73. The summed E-state index contributed by atoms with van der Waals surface area (Å²) in [6.45, 7) is 2.56. The van der Waals surface area contributed by atoms with Crippen LogP contribution in [0.25, 0.3) is 0 Å². The Labute approximate surface area is 178 Å². The Bertz CT molecular complexity index is 954. The van der Waals surface area contributed by atoms with Crippen molar-refractivity contribution in [1.29, 1.82) is 0 Å². The lowest BCUT2D eigenvalue weighted by Gasteiger charge is -2.35. The third-order valence-electron chi connectivity index (χ3n) is 5.14. The van der Waals surface area contributed by atoms with Gasteiger partial charge in [-0.2, -0.15) is 0 Å². The largest absolute Gasteiger partial charge is 0.346 e. The minimum atomic E-state index is -0.590. The maximum atomic E-state index is 12.3. The smallest absolute Gasteiger partial charge is 0.309 e. The van der Waals surface area contributed by atoms with E-state index in [0.717, 1.165) is 24.4 Å². The van der Waals surface area contributed by atoms with E-state index in [2.05, 4.69) is 51.2 Å². The molecule has 0 bridgehead atoms. The predicted octanol–water partition coefficient (Wildman–Crippen LogP) is 3.34. The minimum absolute atomic E-state index is 0.0532. The van der Waals surface area contributed by atoms with Gasteiger partial charge in [-0.1, -0.05) is 36.4 Å². The predicted molar refractivity (Wildman–Crippen MR) is 117 cm³/mol. The van der Waals surface area contributed by atoms with Gasteiger partial charge >= 0.3 is 11.8 Å². The number of thiophene rings is 2. The van der Waals surface area contributed by atoms with Crippen molar-refractivity contribution in [2.24, 2.45) is 0 Å². The van der Waals surface area contributed by atoms with Gasteiger partial charge in [0, 0.05) is 29.4 Å². The first kappa shape index (κ1) is 19.8. The number of fused-ring (bicyclic) bond motifs is 1. The van der Waals surface area contributed by atoms with Crippen LogP contribution in [0, 0.1) is 0 Å². The topological polar surface area (TPSA) is 61.4 Å². The minimum Gasteiger partial charge on any atom is -0.346 e. The van der Waals surface area contributed by atoms with Gasteiger partial charge in [-0.3, -0.25) is 14.5 Å². The van der Waals surface area contributed by atoms with E-state index in [0.29, 0.717) is 13.1 Å². The lowest BCUT2D eigenvalue weighted by molar-refractivity contribution is -0.139. The van der Waals surface area contributed by atoms with Gasteiger partial charge in [0.15, 0.2) is 0 Å². The highest BCUT2D eigenvalue weighted by atomic mass is 32.1. The normalized spacial score (nSPS) is 14.8. The number of carbonyl (C=O) groups excluding carboxylic acids is 2. The number of carbonyl (C=O) groups is 2. The molecule has 0 saturated carbocycles. The van der Waals surface area contributed by atoms with Crippen LogP contribution in [0.1, 0.15) is 26.9 Å². The molecule has 0 radical (unpaired) electrons. The number of nitrogens with one attached hydrogen (secondary N) is 2. The van der Waals surface area contributed by atoms with Crippen molar-refractivity contribution in [3.63, 3.8) is 0 Å². The van der Waals surface area contributed by atoms with Crippen LogP contribution in [0.15, 0.2) is 59.3 Å². The van der Waals surface area contributed by atoms with E-state index in [1.807, 2.05) is 23.6 Å². The summed E-state index contributed by atoms with van der Waals surface area (Å²) in [7, 11) is 0. The Morgan fingerprint density at radius 3 is 2.45 bits per heavy atom. The lowest BCUT2D eigenvalue weighted by Crippen LogP contribution is -2.44. The quantitative estimate of drug-likeness (QED) is 0.596. The molecule has 0 saturated heterocycles. The Kier molecular flexibility index (Phi) is 6.39. The molecule has 0 spiro atoms. The maximum absolute atomic E-state index is 12.3. The molecule has 0 fully saturated rings.